The fourth-order valence-electron chi connectivity index (χ4n) is 1.59. The van der Waals surface area contributed by atoms with E-state index >= 15 is 0 Å². The number of hydrogen-bond donors (Lipinski definition) is 0. The van der Waals surface area contributed by atoms with Gasteiger partial charge in [0.15, 0.2) is 6.61 Å². The Morgan fingerprint density at radius 3 is 2.89 bits per heavy atom. The molecule has 5 heteroatoms. The first-order valence-corrected chi connectivity index (χ1v) is 5.70. The molecule has 0 radical (unpaired) electrons. The summed E-state index contributed by atoms with van der Waals surface area (Å²) in [4.78, 5) is 13.3. The molecule has 0 saturated heterocycles. The zero-order valence-electron chi connectivity index (χ0n) is 10.0. The van der Waals surface area contributed by atoms with Gasteiger partial charge in [-0.05, 0) is 25.0 Å². The molecule has 0 N–H and O–H groups in total. The van der Waals surface area contributed by atoms with Gasteiger partial charge in [0, 0.05) is 19.2 Å². The lowest BCUT2D eigenvalue weighted by atomic mass is 10.2. The Kier molecular flexibility index (Phi) is 3.47. The van der Waals surface area contributed by atoms with Gasteiger partial charge in [0.25, 0.3) is 5.91 Å². The van der Waals surface area contributed by atoms with Gasteiger partial charge in [-0.25, -0.2) is 4.39 Å². The van der Waals surface area contributed by atoms with E-state index in [2.05, 4.69) is 0 Å². The largest absolute Gasteiger partial charge is 0.484 e. The molecule has 94 valence electrons. The van der Waals surface area contributed by atoms with Gasteiger partial charge in [-0.2, -0.15) is 5.26 Å². The van der Waals surface area contributed by atoms with Crippen molar-refractivity contribution in [2.75, 3.05) is 13.7 Å². The van der Waals surface area contributed by atoms with Crippen LogP contribution in [0.5, 0.6) is 5.75 Å². The van der Waals surface area contributed by atoms with E-state index in [1.165, 1.54) is 12.1 Å². The second-order valence-electron chi connectivity index (χ2n) is 4.28. The molecule has 1 aliphatic carbocycles. The first kappa shape index (κ1) is 12.4. The maximum Gasteiger partial charge on any atom is 0.260 e. The zero-order valence-corrected chi connectivity index (χ0v) is 10.0. The number of nitrogens with zero attached hydrogens (tertiary/aromatic N) is 2. The summed E-state index contributed by atoms with van der Waals surface area (Å²) in [7, 11) is 1.74. The van der Waals surface area contributed by atoms with Crippen LogP contribution in [-0.2, 0) is 4.79 Å². The summed E-state index contributed by atoms with van der Waals surface area (Å²) < 4.78 is 18.5. The molecule has 0 unspecified atom stereocenters. The molecule has 1 aromatic carbocycles. The predicted molar refractivity (Wildman–Crippen MR) is 62.4 cm³/mol. The fraction of sp³-hybridized carbons (Fsp3) is 0.385. The molecule has 0 spiro atoms. The topological polar surface area (TPSA) is 53.3 Å². The zero-order chi connectivity index (χ0) is 13.1. The predicted octanol–water partition coefficient (Wildman–Crippen LogP) is 1.70. The number of rotatable bonds is 4. The Morgan fingerprint density at radius 1 is 1.61 bits per heavy atom. The third kappa shape index (κ3) is 2.77. The van der Waals surface area contributed by atoms with Crippen molar-refractivity contribution in [3.63, 3.8) is 0 Å². The number of nitriles is 1. The van der Waals surface area contributed by atoms with E-state index < -0.39 is 5.82 Å². The molecule has 1 aromatic rings. The van der Waals surface area contributed by atoms with Crippen LogP contribution in [0.3, 0.4) is 0 Å². The van der Waals surface area contributed by atoms with Crippen molar-refractivity contribution in [1.29, 1.82) is 5.26 Å². The minimum atomic E-state index is -0.641. The lowest BCUT2D eigenvalue weighted by molar-refractivity contribution is -0.132. The molecule has 0 heterocycles. The molecule has 18 heavy (non-hydrogen) atoms. The molecule has 0 aromatic heterocycles. The molecule has 1 saturated carbocycles. The summed E-state index contributed by atoms with van der Waals surface area (Å²) in [5.74, 6) is -0.510. The summed E-state index contributed by atoms with van der Waals surface area (Å²) in [5, 5.41) is 8.58. The second-order valence-corrected chi connectivity index (χ2v) is 4.28. The smallest absolute Gasteiger partial charge is 0.260 e. The van der Waals surface area contributed by atoms with Crippen molar-refractivity contribution in [2.24, 2.45) is 0 Å². The summed E-state index contributed by atoms with van der Waals surface area (Å²) in [5.41, 5.74) is -0.0382. The van der Waals surface area contributed by atoms with E-state index in [-0.39, 0.29) is 23.8 Å². The summed E-state index contributed by atoms with van der Waals surface area (Å²) in [6.07, 6.45) is 2.07. The van der Waals surface area contributed by atoms with Crippen LogP contribution in [0.15, 0.2) is 18.2 Å². The number of amides is 1. The highest BCUT2D eigenvalue weighted by Gasteiger charge is 2.29. The van der Waals surface area contributed by atoms with Crippen molar-refractivity contribution in [3.05, 3.63) is 29.6 Å². The minimum absolute atomic E-state index is 0.0382. The number of ether oxygens (including phenoxy) is 1. The van der Waals surface area contributed by atoms with Gasteiger partial charge in [-0.15, -0.1) is 0 Å². The standard InChI is InChI=1S/C13H13FN2O2/c1-16(10-3-4-10)13(17)8-18-11-5-2-9(7-15)12(14)6-11/h2,5-6,10H,3-4,8H2,1H3. The van der Waals surface area contributed by atoms with Crippen molar-refractivity contribution in [2.45, 2.75) is 18.9 Å². The molecular weight excluding hydrogens is 235 g/mol. The Morgan fingerprint density at radius 2 is 2.33 bits per heavy atom. The van der Waals surface area contributed by atoms with Crippen LogP contribution < -0.4 is 4.74 Å². The number of hydrogen-bond acceptors (Lipinski definition) is 3. The first-order chi connectivity index (χ1) is 8.61. The van der Waals surface area contributed by atoms with E-state index in [4.69, 9.17) is 10.00 Å². The highest BCUT2D eigenvalue weighted by Crippen LogP contribution is 2.25. The third-order valence-electron chi connectivity index (χ3n) is 2.91. The number of likely N-dealkylation sites (N-methyl/N-ethyl adjacent to an activating group) is 1. The molecule has 1 aliphatic rings. The van der Waals surface area contributed by atoms with Crippen LogP contribution in [0.4, 0.5) is 4.39 Å². The first-order valence-electron chi connectivity index (χ1n) is 5.70. The van der Waals surface area contributed by atoms with Crippen molar-refractivity contribution in [1.82, 2.24) is 4.90 Å². The molecule has 0 aliphatic heterocycles. The highest BCUT2D eigenvalue weighted by molar-refractivity contribution is 5.78. The normalized spacial score (nSPS) is 13.8. The van der Waals surface area contributed by atoms with E-state index in [0.717, 1.165) is 18.9 Å². The Labute approximate surface area is 105 Å². The quantitative estimate of drug-likeness (QED) is 0.814. The van der Waals surface area contributed by atoms with Crippen molar-refractivity contribution < 1.29 is 13.9 Å². The van der Waals surface area contributed by atoms with Gasteiger partial charge < -0.3 is 9.64 Å². The Bertz CT molecular complexity index is 506. The summed E-state index contributed by atoms with van der Waals surface area (Å²) in [6.45, 7) is -0.113. The number of carbonyl (C=O) groups is 1. The molecule has 0 atom stereocenters. The van der Waals surface area contributed by atoms with Crippen LogP contribution in [0.25, 0.3) is 0 Å². The van der Waals surface area contributed by atoms with Gasteiger partial charge in [0.2, 0.25) is 0 Å². The number of halogens is 1. The highest BCUT2D eigenvalue weighted by atomic mass is 19.1. The van der Waals surface area contributed by atoms with Crippen LogP contribution in [0, 0.1) is 17.1 Å². The lowest BCUT2D eigenvalue weighted by Crippen LogP contribution is -2.33. The maximum absolute atomic E-state index is 13.3. The van der Waals surface area contributed by atoms with E-state index in [0.29, 0.717) is 6.04 Å². The van der Waals surface area contributed by atoms with E-state index in [9.17, 15) is 9.18 Å². The summed E-state index contributed by atoms with van der Waals surface area (Å²) in [6, 6.07) is 5.98. The monoisotopic (exact) mass is 248 g/mol. The van der Waals surface area contributed by atoms with E-state index in [1.54, 1.807) is 18.0 Å². The number of carbonyl (C=O) groups excluding carboxylic acids is 1. The molecule has 2 rings (SSSR count). The average Bonchev–Trinajstić information content (AvgIpc) is 3.19. The van der Waals surface area contributed by atoms with Gasteiger partial charge in [-0.3, -0.25) is 4.79 Å². The molecule has 4 nitrogen and oxygen atoms in total. The van der Waals surface area contributed by atoms with Crippen LogP contribution in [0.1, 0.15) is 18.4 Å². The number of benzene rings is 1. The SMILES string of the molecule is CN(C(=O)COc1ccc(C#N)c(F)c1)C1CC1. The fourth-order valence-corrected chi connectivity index (χ4v) is 1.59. The summed E-state index contributed by atoms with van der Waals surface area (Å²) >= 11 is 0. The van der Waals surface area contributed by atoms with Gasteiger partial charge in [0.05, 0.1) is 5.56 Å². The minimum Gasteiger partial charge on any atom is -0.484 e. The van der Waals surface area contributed by atoms with Crippen molar-refractivity contribution >= 4 is 5.91 Å². The van der Waals surface area contributed by atoms with Crippen LogP contribution in [0.2, 0.25) is 0 Å². The van der Waals surface area contributed by atoms with Crippen LogP contribution >= 0.6 is 0 Å². The Balaban J connectivity index is 1.92. The van der Waals surface area contributed by atoms with Crippen LogP contribution in [-0.4, -0.2) is 30.5 Å². The molecule has 1 fully saturated rings. The molecule has 0 bridgehead atoms. The third-order valence-corrected chi connectivity index (χ3v) is 2.91. The molecule has 1 amide bonds. The Hall–Kier alpha value is -2.09. The van der Waals surface area contributed by atoms with Gasteiger partial charge in [0.1, 0.15) is 17.6 Å². The van der Waals surface area contributed by atoms with E-state index in [1.807, 2.05) is 0 Å². The molecular formula is C13H13FN2O2. The second kappa shape index (κ2) is 5.05. The van der Waals surface area contributed by atoms with Crippen molar-refractivity contribution in [3.8, 4) is 11.8 Å². The van der Waals surface area contributed by atoms with Gasteiger partial charge >= 0.3 is 0 Å². The lowest BCUT2D eigenvalue weighted by Gasteiger charge is -2.16. The average molecular weight is 248 g/mol. The maximum atomic E-state index is 13.3. The van der Waals surface area contributed by atoms with Gasteiger partial charge in [-0.1, -0.05) is 0 Å².